The highest BCUT2D eigenvalue weighted by Gasteiger charge is 2.46. The largest absolute Gasteiger partial charge is 0.208 e. The standard InChI is InChI=1S/C52H33N3S/c1-4-16-34(17-5-1)36-20-14-21-37(32-36)50-53-49(35-18-6-2-7-19-35)54-51(55-50)43-26-15-29-46-48(43)42-31-30-39(33-47(42)56-46)52(38-22-8-3-9-23-38)44-27-12-10-24-40(44)41-25-11-13-28-45(41)52/h1-33H. The van der Waals surface area contributed by atoms with E-state index in [9.17, 15) is 0 Å². The van der Waals surface area contributed by atoms with Gasteiger partial charge in [-0.05, 0) is 62.7 Å². The summed E-state index contributed by atoms with van der Waals surface area (Å²) in [6.07, 6.45) is 0. The molecule has 0 N–H and O–H groups in total. The van der Waals surface area contributed by atoms with Crippen molar-refractivity contribution in [2.75, 3.05) is 0 Å². The molecule has 262 valence electrons. The van der Waals surface area contributed by atoms with Crippen molar-refractivity contribution in [2.45, 2.75) is 5.41 Å². The summed E-state index contributed by atoms with van der Waals surface area (Å²) in [6.45, 7) is 0. The molecule has 2 aromatic heterocycles. The second kappa shape index (κ2) is 13.1. The van der Waals surface area contributed by atoms with Gasteiger partial charge in [-0.15, -0.1) is 11.3 Å². The van der Waals surface area contributed by atoms with Gasteiger partial charge < -0.3 is 0 Å². The summed E-state index contributed by atoms with van der Waals surface area (Å²) in [5.41, 5.74) is 12.4. The van der Waals surface area contributed by atoms with E-state index in [-0.39, 0.29) is 0 Å². The van der Waals surface area contributed by atoms with Crippen LogP contribution in [-0.2, 0) is 5.41 Å². The lowest BCUT2D eigenvalue weighted by molar-refractivity contribution is 0.770. The van der Waals surface area contributed by atoms with E-state index in [2.05, 4.69) is 176 Å². The molecule has 2 heterocycles. The van der Waals surface area contributed by atoms with Crippen LogP contribution in [0.1, 0.15) is 22.3 Å². The van der Waals surface area contributed by atoms with Gasteiger partial charge in [-0.25, -0.2) is 15.0 Å². The fraction of sp³-hybridized carbons (Fsp3) is 0.0192. The number of hydrogen-bond donors (Lipinski definition) is 0. The summed E-state index contributed by atoms with van der Waals surface area (Å²) in [4.78, 5) is 15.5. The summed E-state index contributed by atoms with van der Waals surface area (Å²) in [5.74, 6) is 1.96. The maximum absolute atomic E-state index is 5.23. The molecule has 3 nitrogen and oxygen atoms in total. The van der Waals surface area contributed by atoms with Crippen molar-refractivity contribution in [3.63, 3.8) is 0 Å². The lowest BCUT2D eigenvalue weighted by atomic mass is 9.67. The van der Waals surface area contributed by atoms with E-state index in [4.69, 9.17) is 15.0 Å². The van der Waals surface area contributed by atoms with Crippen molar-refractivity contribution in [1.82, 2.24) is 15.0 Å². The van der Waals surface area contributed by atoms with Crippen molar-refractivity contribution in [1.29, 1.82) is 0 Å². The Bertz CT molecular complexity index is 3030. The zero-order valence-electron chi connectivity index (χ0n) is 30.3. The monoisotopic (exact) mass is 731 g/mol. The second-order valence-corrected chi connectivity index (χ2v) is 15.4. The topological polar surface area (TPSA) is 38.7 Å². The zero-order valence-corrected chi connectivity index (χ0v) is 31.1. The smallest absolute Gasteiger partial charge is 0.164 e. The van der Waals surface area contributed by atoms with Gasteiger partial charge in [0.2, 0.25) is 0 Å². The first-order chi connectivity index (χ1) is 27.8. The van der Waals surface area contributed by atoms with E-state index in [0.717, 1.165) is 33.2 Å². The van der Waals surface area contributed by atoms with E-state index < -0.39 is 5.41 Å². The molecular formula is C52H33N3S. The molecule has 10 aromatic rings. The van der Waals surface area contributed by atoms with Crippen molar-refractivity contribution in [2.24, 2.45) is 0 Å². The summed E-state index contributed by atoms with van der Waals surface area (Å²) in [6, 6.07) is 71.6. The quantitative estimate of drug-likeness (QED) is 0.171. The normalized spacial score (nSPS) is 12.8. The Morgan fingerprint density at radius 2 is 0.875 bits per heavy atom. The Kier molecular flexibility index (Phi) is 7.58. The third kappa shape index (κ3) is 5.07. The Morgan fingerprint density at radius 1 is 0.339 bits per heavy atom. The van der Waals surface area contributed by atoms with Crippen LogP contribution >= 0.6 is 11.3 Å². The molecule has 0 radical (unpaired) electrons. The molecule has 56 heavy (non-hydrogen) atoms. The molecule has 0 saturated heterocycles. The van der Waals surface area contributed by atoms with Gasteiger partial charge >= 0.3 is 0 Å². The van der Waals surface area contributed by atoms with Gasteiger partial charge in [0.1, 0.15) is 0 Å². The molecule has 4 heteroatoms. The molecule has 0 spiro atoms. The number of hydrogen-bond acceptors (Lipinski definition) is 4. The fourth-order valence-electron chi connectivity index (χ4n) is 8.77. The number of nitrogens with zero attached hydrogens (tertiary/aromatic N) is 3. The van der Waals surface area contributed by atoms with Gasteiger partial charge in [-0.3, -0.25) is 0 Å². The molecule has 0 atom stereocenters. The molecule has 0 unspecified atom stereocenters. The summed E-state index contributed by atoms with van der Waals surface area (Å²) < 4.78 is 2.43. The maximum Gasteiger partial charge on any atom is 0.164 e. The zero-order chi connectivity index (χ0) is 37.1. The van der Waals surface area contributed by atoms with Gasteiger partial charge in [0.15, 0.2) is 17.5 Å². The van der Waals surface area contributed by atoms with Gasteiger partial charge in [0.25, 0.3) is 0 Å². The number of thiophene rings is 1. The van der Waals surface area contributed by atoms with Crippen LogP contribution in [0.4, 0.5) is 0 Å². The van der Waals surface area contributed by atoms with Crippen LogP contribution in [-0.4, -0.2) is 15.0 Å². The van der Waals surface area contributed by atoms with Crippen molar-refractivity contribution in [3.05, 3.63) is 222 Å². The maximum atomic E-state index is 5.23. The van der Waals surface area contributed by atoms with Crippen LogP contribution in [0.25, 0.3) is 76.6 Å². The van der Waals surface area contributed by atoms with E-state index in [0.29, 0.717) is 17.5 Å². The van der Waals surface area contributed by atoms with Crippen LogP contribution in [0.3, 0.4) is 0 Å². The van der Waals surface area contributed by atoms with Gasteiger partial charge in [-0.2, -0.15) is 0 Å². The van der Waals surface area contributed by atoms with Crippen LogP contribution in [0.2, 0.25) is 0 Å². The number of rotatable bonds is 6. The van der Waals surface area contributed by atoms with Gasteiger partial charge in [-0.1, -0.05) is 182 Å². The first kappa shape index (κ1) is 32.4. The SMILES string of the molecule is c1ccc(-c2cccc(-c3nc(-c4ccccc4)nc(-c4cccc5sc6cc(C7(c8ccccc8)c8ccccc8-c8ccccc87)ccc6c45)n3)c2)cc1. The minimum absolute atomic E-state index is 0.455. The average molecular weight is 732 g/mol. The Hall–Kier alpha value is -7.01. The average Bonchev–Trinajstić information content (AvgIpc) is 3.81. The van der Waals surface area contributed by atoms with Crippen LogP contribution in [0.5, 0.6) is 0 Å². The number of aromatic nitrogens is 3. The molecule has 1 aliphatic rings. The van der Waals surface area contributed by atoms with E-state index >= 15 is 0 Å². The van der Waals surface area contributed by atoms with Crippen molar-refractivity contribution >= 4 is 31.5 Å². The third-order valence-electron chi connectivity index (χ3n) is 11.2. The van der Waals surface area contributed by atoms with E-state index in [1.54, 1.807) is 0 Å². The minimum atomic E-state index is -0.455. The van der Waals surface area contributed by atoms with Gasteiger partial charge in [0.05, 0.1) is 5.41 Å². The molecule has 0 bridgehead atoms. The van der Waals surface area contributed by atoms with Crippen molar-refractivity contribution in [3.8, 4) is 56.4 Å². The molecular weight excluding hydrogens is 699 g/mol. The highest BCUT2D eigenvalue weighted by atomic mass is 32.1. The number of benzene rings is 8. The van der Waals surface area contributed by atoms with Crippen LogP contribution in [0, 0.1) is 0 Å². The highest BCUT2D eigenvalue weighted by Crippen LogP contribution is 2.56. The van der Waals surface area contributed by atoms with Crippen molar-refractivity contribution < 1.29 is 0 Å². The van der Waals surface area contributed by atoms with E-state index in [1.807, 2.05) is 35.6 Å². The molecule has 1 aliphatic carbocycles. The molecule has 8 aromatic carbocycles. The molecule has 0 amide bonds. The number of fused-ring (bicyclic) bond motifs is 6. The summed E-state index contributed by atoms with van der Waals surface area (Å²) in [7, 11) is 0. The molecule has 0 aliphatic heterocycles. The highest BCUT2D eigenvalue weighted by molar-refractivity contribution is 7.26. The first-order valence-electron chi connectivity index (χ1n) is 18.9. The molecule has 0 fully saturated rings. The van der Waals surface area contributed by atoms with Crippen LogP contribution in [0.15, 0.2) is 200 Å². The third-order valence-corrected chi connectivity index (χ3v) is 12.3. The molecule has 11 rings (SSSR count). The lowest BCUT2D eigenvalue weighted by Gasteiger charge is -2.33. The first-order valence-corrected chi connectivity index (χ1v) is 19.8. The Morgan fingerprint density at radius 3 is 1.59 bits per heavy atom. The van der Waals surface area contributed by atoms with Crippen LogP contribution < -0.4 is 0 Å². The second-order valence-electron chi connectivity index (χ2n) is 14.3. The summed E-state index contributed by atoms with van der Waals surface area (Å²) >= 11 is 1.83. The minimum Gasteiger partial charge on any atom is -0.208 e. The Balaban J connectivity index is 1.12. The van der Waals surface area contributed by atoms with E-state index in [1.165, 1.54) is 48.2 Å². The Labute approximate surface area is 329 Å². The van der Waals surface area contributed by atoms with Gasteiger partial charge in [0, 0.05) is 36.9 Å². The lowest BCUT2D eigenvalue weighted by Crippen LogP contribution is -2.28. The summed E-state index contributed by atoms with van der Waals surface area (Å²) in [5, 5.41) is 2.36. The fourth-order valence-corrected chi connectivity index (χ4v) is 9.94. The molecule has 0 saturated carbocycles. The predicted octanol–water partition coefficient (Wildman–Crippen LogP) is 13.3. The predicted molar refractivity (Wildman–Crippen MR) is 232 cm³/mol.